The lowest BCUT2D eigenvalue weighted by atomic mass is 10.3. The second-order valence-electron chi connectivity index (χ2n) is 3.16. The summed E-state index contributed by atoms with van der Waals surface area (Å²) in [6.45, 7) is -0.0844. The van der Waals surface area contributed by atoms with Gasteiger partial charge in [0.25, 0.3) is 5.91 Å². The largest absolute Gasteiger partial charge is 0.480 e. The van der Waals surface area contributed by atoms with Crippen LogP contribution in [0.1, 0.15) is 10.5 Å². The van der Waals surface area contributed by atoms with Crippen LogP contribution in [0.2, 0.25) is 0 Å². The predicted molar refractivity (Wildman–Crippen MR) is 54.0 cm³/mol. The highest BCUT2D eigenvalue weighted by Gasteiger charge is 2.21. The van der Waals surface area contributed by atoms with Crippen LogP contribution in [-0.4, -0.2) is 46.5 Å². The molecule has 1 rings (SSSR count). The van der Waals surface area contributed by atoms with Gasteiger partial charge < -0.3 is 15.2 Å². The van der Waals surface area contributed by atoms with E-state index in [1.165, 1.54) is 24.1 Å². The zero-order chi connectivity index (χ0) is 12.1. The Bertz CT molecular complexity index is 388. The molecule has 0 saturated carbocycles. The van der Waals surface area contributed by atoms with Crippen molar-refractivity contribution < 1.29 is 19.4 Å². The highest BCUT2D eigenvalue weighted by Crippen LogP contribution is 1.97. The maximum atomic E-state index is 11.6. The van der Waals surface area contributed by atoms with E-state index in [0.29, 0.717) is 5.69 Å². The fourth-order valence-corrected chi connectivity index (χ4v) is 1.17. The highest BCUT2D eigenvalue weighted by molar-refractivity contribution is 5.95. The summed E-state index contributed by atoms with van der Waals surface area (Å²) in [7, 11) is 2.97. The number of carboxylic acids is 1. The standard InChI is InChI=1S/C9H13N3O4/c1-12-7(3-4-10-12)8(13)11-6(5-16-2)9(14)15/h3-4,6H,5H2,1-2H3,(H,11,13)(H,14,15). The molecule has 0 aliphatic rings. The maximum absolute atomic E-state index is 11.6. The third-order valence-corrected chi connectivity index (χ3v) is 1.99. The molecule has 7 nitrogen and oxygen atoms in total. The van der Waals surface area contributed by atoms with E-state index < -0.39 is 17.9 Å². The van der Waals surface area contributed by atoms with E-state index >= 15 is 0 Å². The van der Waals surface area contributed by atoms with E-state index in [2.05, 4.69) is 10.4 Å². The molecule has 1 amide bonds. The number of aliphatic carboxylic acids is 1. The van der Waals surface area contributed by atoms with Gasteiger partial charge in [0.15, 0.2) is 6.04 Å². The molecule has 0 saturated heterocycles. The molecule has 0 aliphatic carbocycles. The normalized spacial score (nSPS) is 12.1. The average molecular weight is 227 g/mol. The molecule has 1 aromatic heterocycles. The quantitative estimate of drug-likeness (QED) is 0.690. The first kappa shape index (κ1) is 12.2. The van der Waals surface area contributed by atoms with Crippen molar-refractivity contribution in [3.05, 3.63) is 18.0 Å². The number of aryl methyl sites for hydroxylation is 1. The minimum atomic E-state index is -1.14. The fourth-order valence-electron chi connectivity index (χ4n) is 1.17. The summed E-state index contributed by atoms with van der Waals surface area (Å²) in [4.78, 5) is 22.4. The summed E-state index contributed by atoms with van der Waals surface area (Å²) in [5.74, 6) is -1.64. The predicted octanol–water partition coefficient (Wildman–Crippen LogP) is -0.750. The minimum absolute atomic E-state index is 0.0844. The number of nitrogens with one attached hydrogen (secondary N) is 1. The molecule has 1 unspecified atom stereocenters. The van der Waals surface area contributed by atoms with Gasteiger partial charge in [-0.05, 0) is 6.07 Å². The fraction of sp³-hybridized carbons (Fsp3) is 0.444. The van der Waals surface area contributed by atoms with Gasteiger partial charge in [0.05, 0.1) is 6.61 Å². The number of aromatic nitrogens is 2. The molecule has 1 aromatic rings. The number of hydrogen-bond acceptors (Lipinski definition) is 4. The second kappa shape index (κ2) is 5.26. The van der Waals surface area contributed by atoms with E-state index in [9.17, 15) is 9.59 Å². The lowest BCUT2D eigenvalue weighted by Gasteiger charge is -2.13. The van der Waals surface area contributed by atoms with Gasteiger partial charge in [-0.1, -0.05) is 0 Å². The van der Waals surface area contributed by atoms with E-state index in [-0.39, 0.29) is 6.61 Å². The number of nitrogens with zero attached hydrogens (tertiary/aromatic N) is 2. The second-order valence-corrected chi connectivity index (χ2v) is 3.16. The molecule has 0 aliphatic heterocycles. The zero-order valence-electron chi connectivity index (χ0n) is 9.01. The summed E-state index contributed by atoms with van der Waals surface area (Å²) in [5.41, 5.74) is 0.294. The Kier molecular flexibility index (Phi) is 4.01. The molecule has 0 fully saturated rings. The Morgan fingerprint density at radius 2 is 2.38 bits per heavy atom. The van der Waals surface area contributed by atoms with Gasteiger partial charge in [-0.25, -0.2) is 4.79 Å². The van der Waals surface area contributed by atoms with Crippen LogP contribution in [0.3, 0.4) is 0 Å². The van der Waals surface area contributed by atoms with Gasteiger partial charge in [-0.2, -0.15) is 5.10 Å². The molecule has 7 heteroatoms. The van der Waals surface area contributed by atoms with Crippen molar-refractivity contribution in [2.45, 2.75) is 6.04 Å². The van der Waals surface area contributed by atoms with Crippen molar-refractivity contribution in [1.82, 2.24) is 15.1 Å². The smallest absolute Gasteiger partial charge is 0.328 e. The summed E-state index contributed by atoms with van der Waals surface area (Å²) in [6.07, 6.45) is 1.46. The molecule has 1 heterocycles. The lowest BCUT2D eigenvalue weighted by molar-refractivity contribution is -0.140. The van der Waals surface area contributed by atoms with Gasteiger partial charge in [0.1, 0.15) is 5.69 Å². The number of rotatable bonds is 5. The van der Waals surface area contributed by atoms with Crippen molar-refractivity contribution in [2.24, 2.45) is 7.05 Å². The highest BCUT2D eigenvalue weighted by atomic mass is 16.5. The molecule has 2 N–H and O–H groups in total. The Labute approximate surface area is 92.0 Å². The van der Waals surface area contributed by atoms with Gasteiger partial charge in [0, 0.05) is 20.4 Å². The van der Waals surface area contributed by atoms with Crippen molar-refractivity contribution in [1.29, 1.82) is 0 Å². The monoisotopic (exact) mass is 227 g/mol. The first-order valence-corrected chi connectivity index (χ1v) is 4.57. The van der Waals surface area contributed by atoms with Crippen molar-refractivity contribution >= 4 is 11.9 Å². The first-order valence-electron chi connectivity index (χ1n) is 4.57. The van der Waals surface area contributed by atoms with Crippen LogP contribution in [-0.2, 0) is 16.6 Å². The SMILES string of the molecule is COCC(NC(=O)c1ccnn1C)C(=O)O. The van der Waals surface area contributed by atoms with Crippen LogP contribution in [0.15, 0.2) is 12.3 Å². The average Bonchev–Trinajstić information content (AvgIpc) is 2.63. The van der Waals surface area contributed by atoms with Crippen molar-refractivity contribution in [2.75, 3.05) is 13.7 Å². The molecule has 0 radical (unpaired) electrons. The Hall–Kier alpha value is -1.89. The van der Waals surface area contributed by atoms with Crippen LogP contribution in [0.5, 0.6) is 0 Å². The van der Waals surface area contributed by atoms with Crippen LogP contribution < -0.4 is 5.32 Å². The van der Waals surface area contributed by atoms with Crippen LogP contribution in [0.25, 0.3) is 0 Å². The summed E-state index contributed by atoms with van der Waals surface area (Å²) in [6, 6.07) is 0.438. The molecular weight excluding hydrogens is 214 g/mol. The first-order chi connectivity index (χ1) is 7.56. The van der Waals surface area contributed by atoms with Gasteiger partial charge in [-0.3, -0.25) is 9.48 Å². The lowest BCUT2D eigenvalue weighted by Crippen LogP contribution is -2.44. The number of ether oxygens (including phenoxy) is 1. The Balaban J connectivity index is 2.69. The van der Waals surface area contributed by atoms with Crippen LogP contribution in [0.4, 0.5) is 0 Å². The van der Waals surface area contributed by atoms with Crippen molar-refractivity contribution in [3.63, 3.8) is 0 Å². The van der Waals surface area contributed by atoms with E-state index in [0.717, 1.165) is 0 Å². The van der Waals surface area contributed by atoms with Gasteiger partial charge >= 0.3 is 5.97 Å². The van der Waals surface area contributed by atoms with Gasteiger partial charge in [0.2, 0.25) is 0 Å². The summed E-state index contributed by atoms with van der Waals surface area (Å²) in [5, 5.41) is 15.0. The number of carboxylic acid groups (broad SMARTS) is 1. The Morgan fingerprint density at radius 3 is 2.81 bits per heavy atom. The topological polar surface area (TPSA) is 93.5 Å². The van der Waals surface area contributed by atoms with Crippen LogP contribution >= 0.6 is 0 Å². The third-order valence-electron chi connectivity index (χ3n) is 1.99. The van der Waals surface area contributed by atoms with E-state index in [1.54, 1.807) is 7.05 Å². The molecular formula is C9H13N3O4. The summed E-state index contributed by atoms with van der Waals surface area (Å²) < 4.78 is 6.06. The molecule has 0 aromatic carbocycles. The third kappa shape index (κ3) is 2.80. The minimum Gasteiger partial charge on any atom is -0.480 e. The number of hydrogen-bond donors (Lipinski definition) is 2. The molecule has 0 bridgehead atoms. The summed E-state index contributed by atoms with van der Waals surface area (Å²) >= 11 is 0. The van der Waals surface area contributed by atoms with Crippen LogP contribution in [0, 0.1) is 0 Å². The number of carbonyl (C=O) groups excluding carboxylic acids is 1. The van der Waals surface area contributed by atoms with Gasteiger partial charge in [-0.15, -0.1) is 0 Å². The van der Waals surface area contributed by atoms with E-state index in [4.69, 9.17) is 9.84 Å². The number of amides is 1. The molecule has 1 atom stereocenters. The molecule has 88 valence electrons. The van der Waals surface area contributed by atoms with E-state index in [1.807, 2.05) is 0 Å². The maximum Gasteiger partial charge on any atom is 0.328 e. The number of methoxy groups -OCH3 is 1. The number of carbonyl (C=O) groups is 2. The zero-order valence-corrected chi connectivity index (χ0v) is 9.01. The molecule has 16 heavy (non-hydrogen) atoms. The molecule has 0 spiro atoms. The van der Waals surface area contributed by atoms with Crippen molar-refractivity contribution in [3.8, 4) is 0 Å². The Morgan fingerprint density at radius 1 is 1.69 bits per heavy atom.